The maximum atomic E-state index is 13.1. The second kappa shape index (κ2) is 10.0. The summed E-state index contributed by atoms with van der Waals surface area (Å²) in [5.41, 5.74) is 4.74. The van der Waals surface area contributed by atoms with Gasteiger partial charge >= 0.3 is 0 Å². The lowest BCUT2D eigenvalue weighted by molar-refractivity contribution is 0.0746. The number of anilines is 1. The van der Waals surface area contributed by atoms with E-state index < -0.39 is 0 Å². The number of thiophene rings is 1. The third kappa shape index (κ3) is 4.62. The van der Waals surface area contributed by atoms with Crippen LogP contribution in [0.2, 0.25) is 0 Å². The van der Waals surface area contributed by atoms with Crippen molar-refractivity contribution in [1.29, 1.82) is 0 Å². The Balaban J connectivity index is 1.26. The molecule has 0 bridgehead atoms. The van der Waals surface area contributed by atoms with E-state index in [1.165, 1.54) is 39.8 Å². The molecule has 5 nitrogen and oxygen atoms in total. The van der Waals surface area contributed by atoms with Gasteiger partial charge in [-0.3, -0.25) is 4.79 Å². The second-order valence-electron chi connectivity index (χ2n) is 9.99. The molecule has 1 aliphatic heterocycles. The molecule has 1 aliphatic carbocycles. The third-order valence-electron chi connectivity index (χ3n) is 7.49. The molecule has 3 heterocycles. The first-order valence-electron chi connectivity index (χ1n) is 13.1. The number of carbonyl (C=O) groups is 1. The van der Waals surface area contributed by atoms with E-state index in [9.17, 15) is 4.79 Å². The molecule has 0 unspecified atom stereocenters. The zero-order chi connectivity index (χ0) is 24.5. The van der Waals surface area contributed by atoms with Crippen molar-refractivity contribution in [3.8, 4) is 0 Å². The van der Waals surface area contributed by atoms with Crippen molar-refractivity contribution in [3.63, 3.8) is 0 Å². The number of benzene rings is 2. The Morgan fingerprint density at radius 3 is 2.42 bits per heavy atom. The SMILES string of the molecule is Cc1ccc(C(=O)N2CCN(c3nc(CCc4ccccc4)nc4sc5c(c34)CCCC5)CC2)cc1. The summed E-state index contributed by atoms with van der Waals surface area (Å²) in [5, 5.41) is 1.27. The van der Waals surface area contributed by atoms with Crippen LogP contribution in [-0.2, 0) is 25.7 Å². The van der Waals surface area contributed by atoms with Crippen molar-refractivity contribution in [1.82, 2.24) is 14.9 Å². The molecule has 0 atom stereocenters. The number of nitrogens with zero attached hydrogens (tertiary/aromatic N) is 4. The predicted octanol–water partition coefficient (Wildman–Crippen LogP) is 5.63. The van der Waals surface area contributed by atoms with E-state index >= 15 is 0 Å². The maximum Gasteiger partial charge on any atom is 0.253 e. The van der Waals surface area contributed by atoms with Crippen molar-refractivity contribution >= 4 is 33.3 Å². The number of hydrogen-bond donors (Lipinski definition) is 0. The number of aromatic nitrogens is 2. The van der Waals surface area contributed by atoms with E-state index in [1.807, 2.05) is 47.4 Å². The van der Waals surface area contributed by atoms with E-state index in [0.29, 0.717) is 13.1 Å². The lowest BCUT2D eigenvalue weighted by atomic mass is 9.96. The highest BCUT2D eigenvalue weighted by Crippen LogP contribution is 2.40. The normalized spacial score (nSPS) is 15.8. The van der Waals surface area contributed by atoms with Crippen LogP contribution in [0.5, 0.6) is 0 Å². The standard InChI is InChI=1S/C30H32N4OS/c1-21-11-14-23(15-12-21)30(35)34-19-17-33(18-20-34)28-27-24-9-5-6-10-25(24)36-29(27)32-26(31-28)16-13-22-7-3-2-4-8-22/h2-4,7-8,11-12,14-15H,5-6,9-10,13,16-20H2,1H3. The number of piperazine rings is 1. The first-order chi connectivity index (χ1) is 17.7. The Bertz CT molecular complexity index is 1370. The molecule has 1 fully saturated rings. The van der Waals surface area contributed by atoms with Crippen molar-refractivity contribution in [2.45, 2.75) is 45.4 Å². The number of fused-ring (bicyclic) bond motifs is 3. The molecule has 6 rings (SSSR count). The molecule has 2 aliphatic rings. The minimum absolute atomic E-state index is 0.124. The van der Waals surface area contributed by atoms with Gasteiger partial charge in [-0.2, -0.15) is 0 Å². The van der Waals surface area contributed by atoms with Gasteiger partial charge < -0.3 is 9.80 Å². The number of hydrogen-bond acceptors (Lipinski definition) is 5. The summed E-state index contributed by atoms with van der Waals surface area (Å²) in [5.74, 6) is 2.14. The average Bonchev–Trinajstić information content (AvgIpc) is 3.31. The van der Waals surface area contributed by atoms with E-state index in [-0.39, 0.29) is 5.91 Å². The predicted molar refractivity (Wildman–Crippen MR) is 147 cm³/mol. The Labute approximate surface area is 216 Å². The van der Waals surface area contributed by atoms with E-state index in [0.717, 1.165) is 60.8 Å². The van der Waals surface area contributed by atoms with Crippen molar-refractivity contribution in [3.05, 3.63) is 87.6 Å². The number of aryl methyl sites for hydroxylation is 5. The minimum Gasteiger partial charge on any atom is -0.352 e. The summed E-state index contributed by atoms with van der Waals surface area (Å²) in [7, 11) is 0. The maximum absolute atomic E-state index is 13.1. The van der Waals surface area contributed by atoms with E-state index in [2.05, 4.69) is 35.2 Å². The largest absolute Gasteiger partial charge is 0.352 e. The second-order valence-corrected chi connectivity index (χ2v) is 11.1. The van der Waals surface area contributed by atoms with Gasteiger partial charge in [-0.15, -0.1) is 11.3 Å². The van der Waals surface area contributed by atoms with Crippen molar-refractivity contribution in [2.24, 2.45) is 0 Å². The van der Waals surface area contributed by atoms with Crippen LogP contribution in [0.1, 0.15) is 50.6 Å². The molecule has 36 heavy (non-hydrogen) atoms. The summed E-state index contributed by atoms with van der Waals surface area (Å²) in [4.78, 5) is 30.3. The Kier molecular flexibility index (Phi) is 6.45. The van der Waals surface area contributed by atoms with E-state index in [1.54, 1.807) is 0 Å². The quantitative estimate of drug-likeness (QED) is 0.360. The van der Waals surface area contributed by atoms with Crippen LogP contribution >= 0.6 is 11.3 Å². The molecule has 0 spiro atoms. The van der Waals surface area contributed by atoms with Crippen LogP contribution in [0.4, 0.5) is 5.82 Å². The van der Waals surface area contributed by atoms with Crippen LogP contribution in [0.15, 0.2) is 54.6 Å². The molecule has 0 N–H and O–H groups in total. The van der Waals surface area contributed by atoms with Crippen LogP contribution in [0, 0.1) is 6.92 Å². The smallest absolute Gasteiger partial charge is 0.253 e. The molecule has 0 saturated carbocycles. The molecule has 184 valence electrons. The van der Waals surface area contributed by atoms with Crippen LogP contribution < -0.4 is 4.90 Å². The average molecular weight is 497 g/mol. The molecule has 6 heteroatoms. The van der Waals surface area contributed by atoms with E-state index in [4.69, 9.17) is 9.97 Å². The van der Waals surface area contributed by atoms with Crippen molar-refractivity contribution < 1.29 is 4.79 Å². The van der Waals surface area contributed by atoms with Gasteiger partial charge in [-0.25, -0.2) is 9.97 Å². The molecule has 1 saturated heterocycles. The summed E-state index contributed by atoms with van der Waals surface area (Å²) >= 11 is 1.88. The summed E-state index contributed by atoms with van der Waals surface area (Å²) in [6.45, 7) is 5.07. The number of carbonyl (C=O) groups excluding carboxylic acids is 1. The van der Waals surface area contributed by atoms with Gasteiger partial charge in [0.1, 0.15) is 16.5 Å². The Morgan fingerprint density at radius 1 is 0.889 bits per heavy atom. The monoisotopic (exact) mass is 496 g/mol. The molecular formula is C30H32N4OS. The molecule has 4 aromatic rings. The van der Waals surface area contributed by atoms with Gasteiger partial charge in [0.15, 0.2) is 0 Å². The lowest BCUT2D eigenvalue weighted by Crippen LogP contribution is -2.49. The first-order valence-corrected chi connectivity index (χ1v) is 13.9. The highest BCUT2D eigenvalue weighted by molar-refractivity contribution is 7.19. The van der Waals surface area contributed by atoms with Gasteiger partial charge in [0.05, 0.1) is 5.39 Å². The number of rotatable bonds is 5. The highest BCUT2D eigenvalue weighted by Gasteiger charge is 2.27. The molecule has 2 aromatic heterocycles. The van der Waals surface area contributed by atoms with Crippen LogP contribution in [0.25, 0.3) is 10.2 Å². The van der Waals surface area contributed by atoms with Gasteiger partial charge in [-0.1, -0.05) is 48.0 Å². The fraction of sp³-hybridized carbons (Fsp3) is 0.367. The third-order valence-corrected chi connectivity index (χ3v) is 8.67. The Morgan fingerprint density at radius 2 is 1.64 bits per heavy atom. The molecule has 0 radical (unpaired) electrons. The highest BCUT2D eigenvalue weighted by atomic mass is 32.1. The van der Waals surface area contributed by atoms with Gasteiger partial charge in [0, 0.05) is 43.0 Å². The Hall–Kier alpha value is -3.25. The topological polar surface area (TPSA) is 49.3 Å². The van der Waals surface area contributed by atoms with Crippen LogP contribution in [-0.4, -0.2) is 47.0 Å². The van der Waals surface area contributed by atoms with Gasteiger partial charge in [0.2, 0.25) is 0 Å². The summed E-state index contributed by atoms with van der Waals surface area (Å²) in [6, 6.07) is 18.5. The molecule has 2 aromatic carbocycles. The lowest BCUT2D eigenvalue weighted by Gasteiger charge is -2.36. The number of amides is 1. The zero-order valence-electron chi connectivity index (χ0n) is 20.9. The zero-order valence-corrected chi connectivity index (χ0v) is 21.7. The fourth-order valence-corrected chi connectivity index (χ4v) is 6.70. The minimum atomic E-state index is 0.124. The summed E-state index contributed by atoms with van der Waals surface area (Å²) < 4.78 is 0. The van der Waals surface area contributed by atoms with Crippen molar-refractivity contribution in [2.75, 3.05) is 31.1 Å². The van der Waals surface area contributed by atoms with Gasteiger partial charge in [0.25, 0.3) is 5.91 Å². The molecular weight excluding hydrogens is 464 g/mol. The fourth-order valence-electron chi connectivity index (χ4n) is 5.42. The molecule has 1 amide bonds. The first kappa shape index (κ1) is 23.2. The summed E-state index contributed by atoms with van der Waals surface area (Å²) in [6.07, 6.45) is 6.57. The van der Waals surface area contributed by atoms with Gasteiger partial charge in [-0.05, 0) is 62.3 Å². The van der Waals surface area contributed by atoms with Crippen LogP contribution in [0.3, 0.4) is 0 Å².